The standard InChI is InChI=1S/C28H35F2N3OS/c1-28(2,3)27(33(14-8-13-31)26(34)19-35-4)25-15-21(23-16-22(29)11-12-24(23)30)18-32(25)17-20-9-6-5-7-10-20/h5-7,9-12,15-16,18,27H,8,13-14,17,19,31H2,1-4H3. The SMILES string of the molecule is CSCC(=O)N(CCCN)C(c1cc(-c2cc(F)ccc2F)cn1Cc1ccccc1)C(C)(C)C. The van der Waals surface area contributed by atoms with E-state index < -0.39 is 11.6 Å². The highest BCUT2D eigenvalue weighted by atomic mass is 32.2. The van der Waals surface area contributed by atoms with Crippen LogP contribution in [-0.2, 0) is 11.3 Å². The first kappa shape index (κ1) is 27.0. The second-order valence-electron chi connectivity index (χ2n) is 9.82. The van der Waals surface area contributed by atoms with Gasteiger partial charge in [0.1, 0.15) is 11.6 Å². The van der Waals surface area contributed by atoms with Crippen molar-refractivity contribution < 1.29 is 13.6 Å². The number of thioether (sulfide) groups is 1. The zero-order chi connectivity index (χ0) is 25.6. The van der Waals surface area contributed by atoms with Crippen LogP contribution >= 0.6 is 11.8 Å². The van der Waals surface area contributed by atoms with Crippen molar-refractivity contribution in [3.05, 3.63) is 83.7 Å². The molecule has 0 saturated heterocycles. The van der Waals surface area contributed by atoms with Crippen LogP contribution < -0.4 is 5.73 Å². The van der Waals surface area contributed by atoms with Gasteiger partial charge in [0, 0.05) is 36.1 Å². The molecule has 0 radical (unpaired) electrons. The normalized spacial score (nSPS) is 12.5. The van der Waals surface area contributed by atoms with Crippen LogP contribution in [0.2, 0.25) is 0 Å². The lowest BCUT2D eigenvalue weighted by molar-refractivity contribution is -0.133. The quantitative estimate of drug-likeness (QED) is 0.366. The van der Waals surface area contributed by atoms with Crippen LogP contribution in [0.3, 0.4) is 0 Å². The van der Waals surface area contributed by atoms with Gasteiger partial charge in [-0.1, -0.05) is 51.1 Å². The van der Waals surface area contributed by atoms with Crippen molar-refractivity contribution in [2.75, 3.05) is 25.1 Å². The van der Waals surface area contributed by atoms with E-state index in [0.29, 0.717) is 37.4 Å². The lowest BCUT2D eigenvalue weighted by atomic mass is 9.83. The molecule has 4 nitrogen and oxygen atoms in total. The van der Waals surface area contributed by atoms with Gasteiger partial charge in [-0.25, -0.2) is 8.78 Å². The van der Waals surface area contributed by atoms with Crippen LogP contribution in [0.1, 0.15) is 44.5 Å². The maximum Gasteiger partial charge on any atom is 0.233 e. The molecular formula is C28H35F2N3OS. The molecule has 0 aliphatic carbocycles. The third kappa shape index (κ3) is 6.73. The van der Waals surface area contributed by atoms with E-state index in [2.05, 4.69) is 25.3 Å². The van der Waals surface area contributed by atoms with E-state index in [1.54, 1.807) is 0 Å². The molecule has 2 aromatic carbocycles. The Kier molecular flexibility index (Phi) is 9.14. The zero-order valence-corrected chi connectivity index (χ0v) is 21.7. The largest absolute Gasteiger partial charge is 0.344 e. The molecule has 0 saturated carbocycles. The molecule has 1 atom stereocenters. The van der Waals surface area contributed by atoms with Gasteiger partial charge < -0.3 is 15.2 Å². The van der Waals surface area contributed by atoms with E-state index in [-0.39, 0.29) is 22.9 Å². The Morgan fingerprint density at radius 3 is 2.46 bits per heavy atom. The van der Waals surface area contributed by atoms with Crippen molar-refractivity contribution in [2.24, 2.45) is 11.1 Å². The fourth-order valence-corrected chi connectivity index (χ4v) is 4.89. The molecule has 0 aliphatic heterocycles. The van der Waals surface area contributed by atoms with Crippen LogP contribution in [-0.4, -0.2) is 40.5 Å². The molecule has 0 aliphatic rings. The molecule has 188 valence electrons. The average molecular weight is 500 g/mol. The van der Waals surface area contributed by atoms with E-state index in [1.807, 2.05) is 53.8 Å². The van der Waals surface area contributed by atoms with Crippen molar-refractivity contribution in [3.63, 3.8) is 0 Å². The van der Waals surface area contributed by atoms with Crippen molar-refractivity contribution in [1.82, 2.24) is 9.47 Å². The van der Waals surface area contributed by atoms with Gasteiger partial charge in [0.2, 0.25) is 5.91 Å². The molecule has 1 amide bonds. The van der Waals surface area contributed by atoms with Crippen LogP contribution in [0, 0.1) is 17.0 Å². The van der Waals surface area contributed by atoms with E-state index in [9.17, 15) is 13.6 Å². The molecule has 1 heterocycles. The number of hydrogen-bond donors (Lipinski definition) is 1. The van der Waals surface area contributed by atoms with Crippen molar-refractivity contribution in [3.8, 4) is 11.1 Å². The molecule has 35 heavy (non-hydrogen) atoms. The van der Waals surface area contributed by atoms with Crippen molar-refractivity contribution >= 4 is 17.7 Å². The second kappa shape index (κ2) is 11.9. The number of hydrogen-bond acceptors (Lipinski definition) is 3. The first-order valence-electron chi connectivity index (χ1n) is 11.8. The topological polar surface area (TPSA) is 51.3 Å². The van der Waals surface area contributed by atoms with Gasteiger partial charge in [-0.3, -0.25) is 4.79 Å². The zero-order valence-electron chi connectivity index (χ0n) is 20.9. The smallest absolute Gasteiger partial charge is 0.233 e. The number of benzene rings is 2. The number of nitrogens with two attached hydrogens (primary N) is 1. The highest BCUT2D eigenvalue weighted by Gasteiger charge is 2.36. The Morgan fingerprint density at radius 2 is 1.83 bits per heavy atom. The van der Waals surface area contributed by atoms with E-state index in [1.165, 1.54) is 17.8 Å². The molecule has 2 N–H and O–H groups in total. The predicted molar refractivity (Wildman–Crippen MR) is 141 cm³/mol. The maximum absolute atomic E-state index is 14.8. The number of amides is 1. The fraction of sp³-hybridized carbons (Fsp3) is 0.393. The first-order chi connectivity index (χ1) is 16.7. The summed E-state index contributed by atoms with van der Waals surface area (Å²) in [6.45, 7) is 7.84. The summed E-state index contributed by atoms with van der Waals surface area (Å²) in [5.41, 5.74) is 8.23. The molecule has 0 spiro atoms. The maximum atomic E-state index is 14.8. The predicted octanol–water partition coefficient (Wildman–Crippen LogP) is 6.11. The summed E-state index contributed by atoms with van der Waals surface area (Å²) >= 11 is 1.49. The molecular weight excluding hydrogens is 464 g/mol. The lowest BCUT2D eigenvalue weighted by Crippen LogP contribution is -2.44. The molecule has 1 aromatic heterocycles. The van der Waals surface area contributed by atoms with Gasteiger partial charge in [-0.05, 0) is 54.5 Å². The van der Waals surface area contributed by atoms with Crippen molar-refractivity contribution in [1.29, 1.82) is 0 Å². The lowest BCUT2D eigenvalue weighted by Gasteiger charge is -2.41. The molecule has 0 fully saturated rings. The van der Waals surface area contributed by atoms with Gasteiger partial charge in [0.25, 0.3) is 0 Å². The highest BCUT2D eigenvalue weighted by molar-refractivity contribution is 7.99. The molecule has 3 rings (SSSR count). The Labute approximate surface area is 211 Å². The highest BCUT2D eigenvalue weighted by Crippen LogP contribution is 2.41. The van der Waals surface area contributed by atoms with Crippen LogP contribution in [0.15, 0.2) is 60.8 Å². The molecule has 3 aromatic rings. The third-order valence-electron chi connectivity index (χ3n) is 5.97. The summed E-state index contributed by atoms with van der Waals surface area (Å²) in [6.07, 6.45) is 4.45. The minimum absolute atomic E-state index is 0.0387. The van der Waals surface area contributed by atoms with Gasteiger partial charge >= 0.3 is 0 Å². The van der Waals surface area contributed by atoms with Gasteiger partial charge in [0.15, 0.2) is 0 Å². The molecule has 1 unspecified atom stereocenters. The number of aromatic nitrogens is 1. The number of carbonyl (C=O) groups is 1. The summed E-state index contributed by atoms with van der Waals surface area (Å²) in [5, 5.41) is 0. The summed E-state index contributed by atoms with van der Waals surface area (Å²) in [7, 11) is 0. The van der Waals surface area contributed by atoms with E-state index in [0.717, 1.165) is 23.4 Å². The minimum Gasteiger partial charge on any atom is -0.344 e. The molecule has 0 bridgehead atoms. The van der Waals surface area contributed by atoms with Crippen LogP contribution in [0.4, 0.5) is 8.78 Å². The van der Waals surface area contributed by atoms with Crippen molar-refractivity contribution in [2.45, 2.75) is 39.8 Å². The monoisotopic (exact) mass is 499 g/mol. The number of halogens is 2. The summed E-state index contributed by atoms with van der Waals surface area (Å²) in [6, 6.07) is 15.1. The average Bonchev–Trinajstić information content (AvgIpc) is 3.20. The minimum atomic E-state index is -0.495. The Balaban J connectivity index is 2.20. The van der Waals surface area contributed by atoms with Crippen LogP contribution in [0.5, 0.6) is 0 Å². The summed E-state index contributed by atoms with van der Waals surface area (Å²) in [5.74, 6) is -0.578. The first-order valence-corrected chi connectivity index (χ1v) is 13.2. The summed E-state index contributed by atoms with van der Waals surface area (Å²) < 4.78 is 30.9. The number of carbonyl (C=O) groups excluding carboxylic acids is 1. The molecule has 7 heteroatoms. The van der Waals surface area contributed by atoms with E-state index >= 15 is 0 Å². The third-order valence-corrected chi connectivity index (χ3v) is 6.50. The summed E-state index contributed by atoms with van der Waals surface area (Å²) in [4.78, 5) is 15.2. The number of nitrogens with zero attached hydrogens (tertiary/aromatic N) is 2. The Bertz CT molecular complexity index is 1120. The Hall–Kier alpha value is -2.64. The van der Waals surface area contributed by atoms with E-state index in [4.69, 9.17) is 5.73 Å². The van der Waals surface area contributed by atoms with Crippen LogP contribution in [0.25, 0.3) is 11.1 Å². The van der Waals surface area contributed by atoms with Gasteiger partial charge in [0.05, 0.1) is 11.8 Å². The fourth-order valence-electron chi connectivity index (χ4n) is 4.48. The second-order valence-corrected chi connectivity index (χ2v) is 10.7. The van der Waals surface area contributed by atoms with Gasteiger partial charge in [-0.15, -0.1) is 0 Å². The Morgan fingerprint density at radius 1 is 1.11 bits per heavy atom. The number of rotatable bonds is 10. The van der Waals surface area contributed by atoms with Gasteiger partial charge in [-0.2, -0.15) is 11.8 Å².